The van der Waals surface area contributed by atoms with Gasteiger partial charge in [-0.05, 0) is 42.0 Å². The predicted octanol–water partition coefficient (Wildman–Crippen LogP) is 2.48. The van der Waals surface area contributed by atoms with Gasteiger partial charge < -0.3 is 20.9 Å². The summed E-state index contributed by atoms with van der Waals surface area (Å²) < 4.78 is 48.8. The Balaban J connectivity index is 1.29. The first-order chi connectivity index (χ1) is 19.0. The van der Waals surface area contributed by atoms with Crippen molar-refractivity contribution in [1.82, 2.24) is 24.8 Å². The summed E-state index contributed by atoms with van der Waals surface area (Å²) in [5.74, 6) is 1.31. The van der Waals surface area contributed by atoms with Crippen molar-refractivity contribution in [2.24, 2.45) is 11.1 Å². The van der Waals surface area contributed by atoms with E-state index in [2.05, 4.69) is 15.3 Å². The maximum Gasteiger partial charge on any atom is 0.387 e. The summed E-state index contributed by atoms with van der Waals surface area (Å²) in [6.07, 6.45) is 6.19. The number of ether oxygens (including phenoxy) is 1. The van der Waals surface area contributed by atoms with Gasteiger partial charge in [0.1, 0.15) is 17.4 Å². The molecule has 2 aliphatic heterocycles. The van der Waals surface area contributed by atoms with Gasteiger partial charge in [-0.1, -0.05) is 25.1 Å². The molecule has 4 N–H and O–H groups in total. The van der Waals surface area contributed by atoms with Crippen molar-refractivity contribution < 1.29 is 21.4 Å². The quantitative estimate of drug-likeness (QED) is 0.372. The second kappa shape index (κ2) is 8.05. The van der Waals surface area contributed by atoms with E-state index in [1.54, 1.807) is 31.5 Å². The Bertz CT molecular complexity index is 1800. The van der Waals surface area contributed by atoms with Crippen molar-refractivity contribution in [1.29, 1.82) is 0 Å². The maximum absolute atomic E-state index is 13.3. The molecule has 0 spiro atoms. The Morgan fingerprint density at radius 3 is 2.76 bits per heavy atom. The molecule has 8 nitrogen and oxygen atoms in total. The summed E-state index contributed by atoms with van der Waals surface area (Å²) in [5.41, 5.74) is 8.61. The number of benzene rings is 2. The first kappa shape index (κ1) is 21.1. The van der Waals surface area contributed by atoms with Crippen LogP contribution in [0.5, 0.6) is 5.75 Å². The fourth-order valence-corrected chi connectivity index (χ4v) is 6.19. The van der Waals surface area contributed by atoms with Crippen LogP contribution in [0.4, 0.5) is 8.78 Å². The van der Waals surface area contributed by atoms with Gasteiger partial charge in [-0.15, -0.1) is 0 Å². The van der Waals surface area contributed by atoms with Gasteiger partial charge in [-0.2, -0.15) is 8.78 Å². The summed E-state index contributed by atoms with van der Waals surface area (Å²) in [6.45, 7) is -3.62. The molecule has 0 amide bonds. The van der Waals surface area contributed by atoms with E-state index in [0.717, 1.165) is 38.9 Å². The molecule has 1 fully saturated rings. The molecule has 2 aromatic heterocycles. The van der Waals surface area contributed by atoms with Crippen molar-refractivity contribution >= 4 is 22.9 Å². The third kappa shape index (κ3) is 3.44. The number of alkyl halides is 2. The second-order valence-corrected chi connectivity index (χ2v) is 10.6. The number of aromatic nitrogens is 4. The molecular weight excluding hydrogens is 490 g/mol. The number of nitrogens with one attached hydrogen (secondary N) is 1. The van der Waals surface area contributed by atoms with E-state index in [0.29, 0.717) is 17.5 Å². The normalized spacial score (nSPS) is 26.5. The molecule has 4 aromatic rings. The number of hydrogen-bond donors (Lipinski definition) is 3. The Kier molecular flexibility index (Phi) is 4.47. The molecule has 7 rings (SSSR count). The van der Waals surface area contributed by atoms with Gasteiger partial charge in [0.15, 0.2) is 0 Å². The number of fused-ring (bicyclic) bond motifs is 8. The number of aliphatic hydroxyl groups is 1. The van der Waals surface area contributed by atoms with E-state index in [4.69, 9.17) is 18.2 Å². The molecular formula is C28H26F2N6O2. The van der Waals surface area contributed by atoms with Gasteiger partial charge in [0.2, 0.25) is 0 Å². The minimum atomic E-state index is -2.94. The lowest BCUT2D eigenvalue weighted by atomic mass is 9.58. The van der Waals surface area contributed by atoms with Crippen LogP contribution in [-0.4, -0.2) is 37.8 Å². The summed E-state index contributed by atoms with van der Waals surface area (Å²) >= 11 is 0. The first-order valence-electron chi connectivity index (χ1n) is 13.4. The van der Waals surface area contributed by atoms with E-state index >= 15 is 0 Å². The summed E-state index contributed by atoms with van der Waals surface area (Å²) in [4.78, 5) is 13.8. The standard InChI is InChI=1S/C28H26F2N6O2/c1-27(14-37)12-28(31,13-27)25-33-10-17(11-34-25)15-5-6-18-20(7-15)36-21-8-19(24(36)35-18)32-9-16-3-2-4-22(23(16)21)38-26(29)30/h2-7,9-11,19,26,32,37H,8,12-14,31H2,1H3/t19-,27?,28?/m1/s1/i14D2. The van der Waals surface area contributed by atoms with Crippen LogP contribution in [-0.2, 0) is 5.54 Å². The lowest BCUT2D eigenvalue weighted by Crippen LogP contribution is -2.56. The average Bonchev–Trinajstić information content (AvgIpc) is 3.35. The molecule has 2 bridgehead atoms. The molecule has 0 saturated heterocycles. The Morgan fingerprint density at radius 2 is 2.03 bits per heavy atom. The summed E-state index contributed by atoms with van der Waals surface area (Å²) in [5, 5.41) is 14.6. The third-order valence-electron chi connectivity index (χ3n) is 7.77. The molecule has 2 aromatic carbocycles. The third-order valence-corrected chi connectivity index (χ3v) is 7.77. The second-order valence-electron chi connectivity index (χ2n) is 10.6. The number of nitrogens with zero attached hydrogens (tertiary/aromatic N) is 4. The lowest BCUT2D eigenvalue weighted by molar-refractivity contribution is -0.0505. The van der Waals surface area contributed by atoms with E-state index in [1.165, 1.54) is 0 Å². The number of hydrogen-bond acceptors (Lipinski definition) is 7. The zero-order valence-corrected chi connectivity index (χ0v) is 20.4. The van der Waals surface area contributed by atoms with Crippen molar-refractivity contribution in [2.75, 3.05) is 6.56 Å². The monoisotopic (exact) mass is 518 g/mol. The van der Waals surface area contributed by atoms with Crippen molar-refractivity contribution in [3.8, 4) is 16.9 Å². The van der Waals surface area contributed by atoms with Crippen molar-refractivity contribution in [3.63, 3.8) is 0 Å². The SMILES string of the molecule is [2H]C([2H])(O)C1(C)CC(N)(c2ncc(-c3ccc4nc5n(c4c3)C3=c4c(OC(F)F)cccc4=CN[C@@H]5C3)cn2)C1. The number of nitrogens with two attached hydrogens (primary N) is 1. The van der Waals surface area contributed by atoms with Crippen LogP contribution < -0.4 is 26.2 Å². The van der Waals surface area contributed by atoms with Gasteiger partial charge in [-0.3, -0.25) is 4.57 Å². The van der Waals surface area contributed by atoms with E-state index in [-0.39, 0.29) is 24.6 Å². The molecule has 1 aliphatic carbocycles. The average molecular weight is 519 g/mol. The molecule has 0 radical (unpaired) electrons. The van der Waals surface area contributed by atoms with Crippen LogP contribution >= 0.6 is 0 Å². The van der Waals surface area contributed by atoms with Gasteiger partial charge in [0.25, 0.3) is 0 Å². The highest BCUT2D eigenvalue weighted by atomic mass is 19.3. The topological polar surface area (TPSA) is 111 Å². The number of halogens is 2. The van der Waals surface area contributed by atoms with Crippen molar-refractivity contribution in [3.05, 3.63) is 70.9 Å². The fourth-order valence-electron chi connectivity index (χ4n) is 6.19. The number of imidazole rings is 1. The van der Waals surface area contributed by atoms with Gasteiger partial charge >= 0.3 is 6.61 Å². The zero-order valence-electron chi connectivity index (χ0n) is 22.4. The van der Waals surface area contributed by atoms with Gasteiger partial charge in [0.05, 0.1) is 25.4 Å². The highest BCUT2D eigenvalue weighted by Gasteiger charge is 2.51. The smallest absolute Gasteiger partial charge is 0.387 e. The molecule has 38 heavy (non-hydrogen) atoms. The highest BCUT2D eigenvalue weighted by molar-refractivity contribution is 5.86. The molecule has 3 aliphatic rings. The molecule has 1 saturated carbocycles. The van der Waals surface area contributed by atoms with E-state index in [9.17, 15) is 13.9 Å². The summed E-state index contributed by atoms with van der Waals surface area (Å²) in [6, 6.07) is 10.8. The zero-order chi connectivity index (χ0) is 28.0. The fraction of sp³-hybridized carbons (Fsp3) is 0.321. The molecule has 10 heteroatoms. The minimum Gasteiger partial charge on any atom is -0.434 e. The summed E-state index contributed by atoms with van der Waals surface area (Å²) in [7, 11) is 0. The first-order valence-corrected chi connectivity index (χ1v) is 12.4. The maximum atomic E-state index is 13.3. The van der Waals surface area contributed by atoms with E-state index < -0.39 is 24.1 Å². The predicted molar refractivity (Wildman–Crippen MR) is 137 cm³/mol. The van der Waals surface area contributed by atoms with Crippen molar-refractivity contribution in [2.45, 2.75) is 44.4 Å². The Hall–Kier alpha value is -3.89. The van der Waals surface area contributed by atoms with Gasteiger partial charge in [0, 0.05) is 53.3 Å². The Labute approximate surface area is 219 Å². The lowest BCUT2D eigenvalue weighted by Gasteiger charge is -2.50. The largest absolute Gasteiger partial charge is 0.434 e. The molecule has 4 heterocycles. The van der Waals surface area contributed by atoms with Gasteiger partial charge in [-0.25, -0.2) is 15.0 Å². The molecule has 194 valence electrons. The van der Waals surface area contributed by atoms with Crippen LogP contribution in [0.1, 0.15) is 46.6 Å². The number of rotatable bonds is 5. The highest BCUT2D eigenvalue weighted by Crippen LogP contribution is 2.51. The van der Waals surface area contributed by atoms with Crippen LogP contribution in [0.3, 0.4) is 0 Å². The minimum absolute atomic E-state index is 0.112. The molecule has 1 atom stereocenters. The van der Waals surface area contributed by atoms with Crippen LogP contribution in [0.15, 0.2) is 48.8 Å². The Morgan fingerprint density at radius 1 is 1.24 bits per heavy atom. The van der Waals surface area contributed by atoms with Crippen LogP contribution in [0.2, 0.25) is 0 Å². The van der Waals surface area contributed by atoms with E-state index in [1.807, 2.05) is 35.0 Å². The van der Waals surface area contributed by atoms with Crippen LogP contribution in [0.25, 0.3) is 34.1 Å². The molecule has 0 unspecified atom stereocenters. The van der Waals surface area contributed by atoms with Crippen LogP contribution in [0, 0.1) is 5.41 Å².